The molecule has 32 heavy (non-hydrogen) atoms. The molecule has 0 saturated carbocycles. The predicted octanol–water partition coefficient (Wildman–Crippen LogP) is 6.84. The minimum atomic E-state index is 0.0123. The molecule has 1 aromatic heterocycles. The summed E-state index contributed by atoms with van der Waals surface area (Å²) in [6, 6.07) is 20.1. The van der Waals surface area contributed by atoms with Gasteiger partial charge in [-0.3, -0.25) is 9.59 Å². The molecule has 3 rings (SSSR count). The molecule has 1 amide bonds. The van der Waals surface area contributed by atoms with Gasteiger partial charge in [0.25, 0.3) is 0 Å². The minimum absolute atomic E-state index is 0.0123. The van der Waals surface area contributed by atoms with Gasteiger partial charge in [-0.05, 0) is 24.8 Å². The van der Waals surface area contributed by atoms with E-state index in [1.807, 2.05) is 60.8 Å². The third kappa shape index (κ3) is 8.24. The van der Waals surface area contributed by atoms with E-state index in [2.05, 4.69) is 22.4 Å². The van der Waals surface area contributed by atoms with Crippen LogP contribution in [0.5, 0.6) is 0 Å². The van der Waals surface area contributed by atoms with Crippen LogP contribution < -0.4 is 5.32 Å². The lowest BCUT2D eigenvalue weighted by molar-refractivity contribution is -0.116. The molecule has 0 spiro atoms. The summed E-state index contributed by atoms with van der Waals surface area (Å²) in [5.74, 6) is 0.906. The van der Waals surface area contributed by atoms with Gasteiger partial charge in [0.15, 0.2) is 10.2 Å². The molecule has 1 N–H and O–H groups in total. The summed E-state index contributed by atoms with van der Waals surface area (Å²) in [6.07, 6.45) is 5.19. The number of carbonyl (C=O) groups is 2. The molecule has 0 aliphatic carbocycles. The number of aromatic nitrogens is 1. The Bertz CT molecular complexity index is 974. The van der Waals surface area contributed by atoms with Crippen molar-refractivity contribution >= 4 is 39.3 Å². The Balaban J connectivity index is 1.24. The highest BCUT2D eigenvalue weighted by Gasteiger charge is 2.14. The van der Waals surface area contributed by atoms with E-state index >= 15 is 0 Å². The van der Waals surface area contributed by atoms with Crippen molar-refractivity contribution in [3.8, 4) is 11.3 Å². The largest absolute Gasteiger partial charge is 0.302 e. The van der Waals surface area contributed by atoms with Gasteiger partial charge in [0.1, 0.15) is 0 Å². The Morgan fingerprint density at radius 3 is 2.41 bits per heavy atom. The third-order valence-electron chi connectivity index (χ3n) is 5.15. The Labute approximate surface area is 198 Å². The number of anilines is 1. The molecule has 3 aromatic rings. The molecule has 0 fully saturated rings. The molecule has 6 heteroatoms. The van der Waals surface area contributed by atoms with Crippen LogP contribution in [-0.4, -0.2) is 21.8 Å². The number of rotatable bonds is 12. The van der Waals surface area contributed by atoms with Crippen LogP contribution >= 0.6 is 23.1 Å². The number of thioether (sulfide) groups is 1. The molecular weight excluding hydrogens is 436 g/mol. The van der Waals surface area contributed by atoms with Gasteiger partial charge in [0, 0.05) is 29.0 Å². The Hall–Kier alpha value is -2.44. The van der Waals surface area contributed by atoms with Crippen molar-refractivity contribution in [3.63, 3.8) is 0 Å². The topological polar surface area (TPSA) is 59.1 Å². The fourth-order valence-corrected chi connectivity index (χ4v) is 5.01. The minimum Gasteiger partial charge on any atom is -0.302 e. The molecule has 1 atom stereocenters. The normalized spacial score (nSPS) is 11.8. The summed E-state index contributed by atoms with van der Waals surface area (Å²) in [4.78, 5) is 29.0. The van der Waals surface area contributed by atoms with Crippen molar-refractivity contribution in [1.29, 1.82) is 0 Å². The van der Waals surface area contributed by atoms with Crippen LogP contribution in [0.1, 0.15) is 44.6 Å². The summed E-state index contributed by atoms with van der Waals surface area (Å²) in [7, 11) is 0. The molecular formula is C26H30N2O2S2. The quantitative estimate of drug-likeness (QED) is 0.297. The molecule has 0 aliphatic heterocycles. The lowest BCUT2D eigenvalue weighted by Crippen LogP contribution is -2.11. The summed E-state index contributed by atoms with van der Waals surface area (Å²) >= 11 is 2.90. The first-order valence-corrected chi connectivity index (χ1v) is 13.0. The van der Waals surface area contributed by atoms with Crippen LogP contribution in [0.2, 0.25) is 0 Å². The van der Waals surface area contributed by atoms with Gasteiger partial charge in [-0.25, -0.2) is 4.98 Å². The van der Waals surface area contributed by atoms with E-state index in [0.717, 1.165) is 49.1 Å². The second kappa shape index (κ2) is 13.2. The van der Waals surface area contributed by atoms with Gasteiger partial charge >= 0.3 is 0 Å². The number of amides is 1. The molecule has 0 bridgehead atoms. The number of carbonyl (C=O) groups excluding carboxylic acids is 2. The first-order chi connectivity index (χ1) is 15.6. The second-order valence-corrected chi connectivity index (χ2v) is 9.83. The van der Waals surface area contributed by atoms with E-state index < -0.39 is 0 Å². The van der Waals surface area contributed by atoms with E-state index in [1.165, 1.54) is 28.7 Å². The number of hydrogen-bond donors (Lipinski definition) is 1. The molecule has 0 radical (unpaired) electrons. The first kappa shape index (κ1) is 24.2. The lowest BCUT2D eigenvalue weighted by Gasteiger charge is -2.10. The van der Waals surface area contributed by atoms with E-state index in [1.54, 1.807) is 0 Å². The van der Waals surface area contributed by atoms with Crippen molar-refractivity contribution in [2.24, 2.45) is 5.92 Å². The summed E-state index contributed by atoms with van der Waals surface area (Å²) in [6.45, 7) is 2.01. The van der Waals surface area contributed by atoms with Crippen LogP contribution in [0.3, 0.4) is 0 Å². The molecule has 1 heterocycles. The standard InChI is InChI=1S/C26H30N2O2S2/c1-20(18-21-12-6-4-7-13-21)25(30)31-17-11-3-2-10-16-24(29)28-26-27-23(19-32-26)22-14-8-5-9-15-22/h4-9,12-15,19-20H,2-3,10-11,16-18H2,1H3,(H,27,28,29)/t20-/m1/s1. The van der Waals surface area contributed by atoms with Gasteiger partial charge in [-0.2, -0.15) is 0 Å². The Kier molecular flexibility index (Phi) is 9.98. The molecule has 168 valence electrons. The molecule has 0 saturated heterocycles. The van der Waals surface area contributed by atoms with Crippen LogP contribution in [0.25, 0.3) is 11.3 Å². The monoisotopic (exact) mass is 466 g/mol. The number of unbranched alkanes of at least 4 members (excludes halogenated alkanes) is 3. The SMILES string of the molecule is C[C@H](Cc1ccccc1)C(=O)SCCCCCCC(=O)Nc1nc(-c2ccccc2)cs1. The highest BCUT2D eigenvalue weighted by molar-refractivity contribution is 8.13. The van der Waals surface area contributed by atoms with E-state index in [0.29, 0.717) is 11.6 Å². The van der Waals surface area contributed by atoms with Crippen LogP contribution in [-0.2, 0) is 16.0 Å². The van der Waals surface area contributed by atoms with Gasteiger partial charge in [-0.15, -0.1) is 11.3 Å². The maximum absolute atomic E-state index is 12.3. The van der Waals surface area contributed by atoms with Gasteiger partial charge in [0.05, 0.1) is 5.69 Å². The first-order valence-electron chi connectivity index (χ1n) is 11.1. The van der Waals surface area contributed by atoms with Gasteiger partial charge in [-0.1, -0.05) is 92.2 Å². The highest BCUT2D eigenvalue weighted by atomic mass is 32.2. The van der Waals surface area contributed by atoms with E-state index in [-0.39, 0.29) is 16.9 Å². The van der Waals surface area contributed by atoms with Crippen molar-refractivity contribution in [3.05, 3.63) is 71.6 Å². The fourth-order valence-electron chi connectivity index (χ4n) is 3.36. The van der Waals surface area contributed by atoms with Crippen LogP contribution in [0.4, 0.5) is 5.13 Å². The number of nitrogens with zero attached hydrogens (tertiary/aromatic N) is 1. The van der Waals surface area contributed by atoms with Gasteiger partial charge in [0.2, 0.25) is 5.91 Å². The average Bonchev–Trinajstić information content (AvgIpc) is 3.28. The van der Waals surface area contributed by atoms with Crippen molar-refractivity contribution in [2.45, 2.75) is 45.4 Å². The zero-order valence-corrected chi connectivity index (χ0v) is 20.1. The Morgan fingerprint density at radius 2 is 1.66 bits per heavy atom. The number of hydrogen-bond acceptors (Lipinski definition) is 5. The van der Waals surface area contributed by atoms with Gasteiger partial charge < -0.3 is 5.32 Å². The van der Waals surface area contributed by atoms with E-state index in [4.69, 9.17) is 0 Å². The number of thiazole rings is 1. The summed E-state index contributed by atoms with van der Waals surface area (Å²) in [5, 5.41) is 5.78. The Morgan fingerprint density at radius 1 is 0.969 bits per heavy atom. The van der Waals surface area contributed by atoms with Crippen molar-refractivity contribution in [2.75, 3.05) is 11.1 Å². The molecule has 4 nitrogen and oxygen atoms in total. The third-order valence-corrected chi connectivity index (χ3v) is 7.09. The van der Waals surface area contributed by atoms with Crippen LogP contribution in [0.15, 0.2) is 66.0 Å². The molecule has 0 aliphatic rings. The van der Waals surface area contributed by atoms with Crippen molar-refractivity contribution < 1.29 is 9.59 Å². The maximum Gasteiger partial charge on any atom is 0.226 e. The van der Waals surface area contributed by atoms with Crippen molar-refractivity contribution in [1.82, 2.24) is 4.98 Å². The zero-order valence-electron chi connectivity index (χ0n) is 18.5. The fraction of sp³-hybridized carbons (Fsp3) is 0.346. The predicted molar refractivity (Wildman–Crippen MR) is 136 cm³/mol. The smallest absolute Gasteiger partial charge is 0.226 e. The second-order valence-electron chi connectivity index (χ2n) is 7.87. The number of benzene rings is 2. The summed E-state index contributed by atoms with van der Waals surface area (Å²) < 4.78 is 0. The van der Waals surface area contributed by atoms with Crippen LogP contribution in [0, 0.1) is 5.92 Å². The highest BCUT2D eigenvalue weighted by Crippen LogP contribution is 2.25. The van der Waals surface area contributed by atoms with E-state index in [9.17, 15) is 9.59 Å². The average molecular weight is 467 g/mol. The molecule has 0 unspecified atom stereocenters. The zero-order chi connectivity index (χ0) is 22.6. The number of nitrogens with one attached hydrogen (secondary N) is 1. The summed E-state index contributed by atoms with van der Waals surface area (Å²) in [5.41, 5.74) is 3.15. The lowest BCUT2D eigenvalue weighted by atomic mass is 10.0. The molecule has 2 aromatic carbocycles. The maximum atomic E-state index is 12.3.